The van der Waals surface area contributed by atoms with E-state index in [1.54, 1.807) is 0 Å². The molecule has 3 aliphatic carbocycles. The van der Waals surface area contributed by atoms with Crippen molar-refractivity contribution in [3.05, 3.63) is 149 Å². The van der Waals surface area contributed by atoms with Gasteiger partial charge in [-0.25, -0.2) is 0 Å². The fraction of sp³-hybridized carbons (Fsp3) is 0.179. The largest absolute Gasteiger partial charge is 0.507 e. The molecule has 0 amide bonds. The van der Waals surface area contributed by atoms with Gasteiger partial charge in [-0.3, -0.25) is 0 Å². The number of fused-ring (bicyclic) bond motifs is 10. The van der Waals surface area contributed by atoms with Gasteiger partial charge >= 0.3 is 0 Å². The van der Waals surface area contributed by atoms with Gasteiger partial charge in [-0.1, -0.05) is 129 Å². The summed E-state index contributed by atoms with van der Waals surface area (Å²) in [6.45, 7) is 4.64. The number of nitrogens with two attached hydrogens (primary N) is 1. The molecule has 0 radical (unpaired) electrons. The average molecular weight is 532 g/mol. The van der Waals surface area contributed by atoms with Crippen molar-refractivity contribution in [3.63, 3.8) is 0 Å². The van der Waals surface area contributed by atoms with E-state index in [1.165, 1.54) is 33.4 Å². The van der Waals surface area contributed by atoms with Gasteiger partial charge in [0.2, 0.25) is 0 Å². The fourth-order valence-electron chi connectivity index (χ4n) is 8.44. The molecule has 5 aromatic rings. The van der Waals surface area contributed by atoms with E-state index < -0.39 is 5.41 Å². The zero-order chi connectivity index (χ0) is 27.9. The maximum atomic E-state index is 12.0. The van der Waals surface area contributed by atoms with Crippen LogP contribution in [0.3, 0.4) is 0 Å². The van der Waals surface area contributed by atoms with Crippen molar-refractivity contribution in [3.8, 4) is 39.1 Å². The number of phenols is 1. The number of rotatable bonds is 2. The SMILES string of the molecule is CC1C=C(N)CC(C)C1c1ccc2c(c1)C1(c3ccccc3-2)c2ccccc2-c2c1ccc(-c1ccccc1)c2O. The number of benzene rings is 5. The molecule has 3 N–H and O–H groups in total. The van der Waals surface area contributed by atoms with Crippen molar-refractivity contribution in [2.75, 3.05) is 0 Å². The van der Waals surface area contributed by atoms with E-state index >= 15 is 0 Å². The molecule has 8 rings (SSSR count). The summed E-state index contributed by atoms with van der Waals surface area (Å²) in [7, 11) is 0. The standard InChI is InChI=1S/C39H33NO/c1-23-20-27(40)21-24(2)36(23)26-16-17-30-29-12-6-8-14-32(29)39(35(30)22-26)33-15-9-7-13-31(33)37-34(39)19-18-28(38(37)41)25-10-4-3-5-11-25/h3-20,22-24,36,41H,21,40H2,1-2H3. The van der Waals surface area contributed by atoms with Gasteiger partial charge in [-0.15, -0.1) is 0 Å². The molecule has 0 fully saturated rings. The van der Waals surface area contributed by atoms with Crippen LogP contribution in [-0.4, -0.2) is 5.11 Å². The van der Waals surface area contributed by atoms with Gasteiger partial charge < -0.3 is 10.8 Å². The summed E-state index contributed by atoms with van der Waals surface area (Å²) < 4.78 is 0. The molecule has 0 heterocycles. The lowest BCUT2D eigenvalue weighted by Crippen LogP contribution is -2.27. The Kier molecular flexibility index (Phi) is 5.16. The van der Waals surface area contributed by atoms with Gasteiger partial charge in [0.25, 0.3) is 0 Å². The summed E-state index contributed by atoms with van der Waals surface area (Å²) in [6, 6.07) is 39.3. The van der Waals surface area contributed by atoms with Gasteiger partial charge in [0.05, 0.1) is 5.41 Å². The summed E-state index contributed by atoms with van der Waals surface area (Å²) in [5.41, 5.74) is 19.7. The maximum Gasteiger partial charge on any atom is 0.131 e. The van der Waals surface area contributed by atoms with E-state index in [9.17, 15) is 5.11 Å². The van der Waals surface area contributed by atoms with Crippen molar-refractivity contribution in [1.82, 2.24) is 0 Å². The lowest BCUT2D eigenvalue weighted by molar-refractivity contribution is 0.361. The van der Waals surface area contributed by atoms with Gasteiger partial charge in [-0.2, -0.15) is 0 Å². The second-order valence-electron chi connectivity index (χ2n) is 12.2. The van der Waals surface area contributed by atoms with Gasteiger partial charge in [0.15, 0.2) is 0 Å². The summed E-state index contributed by atoms with van der Waals surface area (Å²) in [6.07, 6.45) is 3.19. The third-order valence-electron chi connectivity index (χ3n) is 9.94. The Morgan fingerprint density at radius 3 is 2.05 bits per heavy atom. The first kappa shape index (κ1) is 24.3. The van der Waals surface area contributed by atoms with Crippen molar-refractivity contribution in [2.24, 2.45) is 17.6 Å². The average Bonchev–Trinajstić information content (AvgIpc) is 3.45. The van der Waals surface area contributed by atoms with Crippen LogP contribution in [-0.2, 0) is 5.41 Å². The first-order valence-corrected chi connectivity index (χ1v) is 14.7. The number of aromatic hydroxyl groups is 1. The predicted molar refractivity (Wildman–Crippen MR) is 168 cm³/mol. The molecule has 0 aromatic heterocycles. The zero-order valence-corrected chi connectivity index (χ0v) is 23.4. The Morgan fingerprint density at radius 1 is 0.659 bits per heavy atom. The van der Waals surface area contributed by atoms with E-state index in [-0.39, 0.29) is 0 Å². The van der Waals surface area contributed by atoms with E-state index in [1.807, 2.05) is 18.2 Å². The van der Waals surface area contributed by atoms with Crippen LogP contribution >= 0.6 is 0 Å². The molecule has 4 unspecified atom stereocenters. The molecule has 2 nitrogen and oxygen atoms in total. The third kappa shape index (κ3) is 3.19. The lowest BCUT2D eigenvalue weighted by atomic mass is 9.68. The maximum absolute atomic E-state index is 12.0. The van der Waals surface area contributed by atoms with Gasteiger partial charge in [0.1, 0.15) is 5.75 Å². The zero-order valence-electron chi connectivity index (χ0n) is 23.4. The minimum Gasteiger partial charge on any atom is -0.507 e. The van der Waals surface area contributed by atoms with Crippen LogP contribution in [0.25, 0.3) is 33.4 Å². The normalized spacial score (nSPS) is 23.5. The summed E-state index contributed by atoms with van der Waals surface area (Å²) in [5.74, 6) is 1.60. The van der Waals surface area contributed by atoms with E-state index in [4.69, 9.17) is 5.73 Å². The molecule has 3 aliphatic rings. The molecule has 0 aliphatic heterocycles. The quantitative estimate of drug-likeness (QED) is 0.234. The highest BCUT2D eigenvalue weighted by atomic mass is 16.3. The second-order valence-corrected chi connectivity index (χ2v) is 12.2. The number of hydrogen-bond donors (Lipinski definition) is 2. The minimum atomic E-state index is -0.490. The second kappa shape index (κ2) is 8.72. The molecular formula is C39H33NO. The third-order valence-corrected chi connectivity index (χ3v) is 9.94. The molecular weight excluding hydrogens is 498 g/mol. The van der Waals surface area contributed by atoms with Crippen LogP contribution in [0.5, 0.6) is 5.75 Å². The van der Waals surface area contributed by atoms with E-state index in [2.05, 4.69) is 111 Å². The van der Waals surface area contributed by atoms with Gasteiger partial charge in [0, 0.05) is 16.8 Å². The van der Waals surface area contributed by atoms with Crippen molar-refractivity contribution in [2.45, 2.75) is 31.6 Å². The minimum absolute atomic E-state index is 0.357. The fourth-order valence-corrected chi connectivity index (χ4v) is 8.44. The topological polar surface area (TPSA) is 46.2 Å². The molecule has 2 heteroatoms. The first-order valence-electron chi connectivity index (χ1n) is 14.7. The van der Waals surface area contributed by atoms with Crippen LogP contribution in [0.1, 0.15) is 54.0 Å². The molecule has 0 bridgehead atoms. The smallest absolute Gasteiger partial charge is 0.131 e. The van der Waals surface area contributed by atoms with Crippen molar-refractivity contribution >= 4 is 0 Å². The number of hydrogen-bond acceptors (Lipinski definition) is 2. The highest BCUT2D eigenvalue weighted by Crippen LogP contribution is 2.65. The van der Waals surface area contributed by atoms with Crippen LogP contribution in [0.15, 0.2) is 121 Å². The van der Waals surface area contributed by atoms with Gasteiger partial charge in [-0.05, 0) is 74.2 Å². The molecule has 41 heavy (non-hydrogen) atoms. The molecule has 1 spiro atoms. The van der Waals surface area contributed by atoms with Crippen molar-refractivity contribution < 1.29 is 5.11 Å². The van der Waals surface area contributed by atoms with Crippen molar-refractivity contribution in [1.29, 1.82) is 0 Å². The summed E-state index contributed by atoms with van der Waals surface area (Å²) in [5, 5.41) is 12.0. The summed E-state index contributed by atoms with van der Waals surface area (Å²) >= 11 is 0. The highest BCUT2D eigenvalue weighted by Gasteiger charge is 2.52. The Bertz CT molecular complexity index is 1880. The predicted octanol–water partition coefficient (Wildman–Crippen LogP) is 9.00. The van der Waals surface area contributed by atoms with E-state index in [0.717, 1.165) is 39.9 Å². The monoisotopic (exact) mass is 531 g/mol. The highest BCUT2D eigenvalue weighted by molar-refractivity contribution is 5.98. The molecule has 5 aromatic carbocycles. The Hall–Kier alpha value is -4.56. The number of phenolic OH excluding ortho intramolecular Hbond substituents is 1. The van der Waals surface area contributed by atoms with E-state index in [0.29, 0.717) is 23.5 Å². The molecule has 0 saturated carbocycles. The Balaban J connectivity index is 1.44. The molecule has 4 atom stereocenters. The van der Waals surface area contributed by atoms with Crippen LogP contribution in [0.4, 0.5) is 0 Å². The number of allylic oxidation sites excluding steroid dienone is 2. The summed E-state index contributed by atoms with van der Waals surface area (Å²) in [4.78, 5) is 0. The van der Waals surface area contributed by atoms with Crippen LogP contribution in [0, 0.1) is 11.8 Å². The molecule has 200 valence electrons. The first-order chi connectivity index (χ1) is 20.0. The Morgan fingerprint density at radius 2 is 1.29 bits per heavy atom. The molecule has 0 saturated heterocycles. The van der Waals surface area contributed by atoms with Crippen LogP contribution < -0.4 is 5.73 Å². The van der Waals surface area contributed by atoms with Crippen LogP contribution in [0.2, 0.25) is 0 Å². The Labute approximate surface area is 241 Å². The lowest BCUT2D eigenvalue weighted by Gasteiger charge is -2.35.